The summed E-state index contributed by atoms with van der Waals surface area (Å²) in [6, 6.07) is 0. The highest BCUT2D eigenvalue weighted by molar-refractivity contribution is 6.09. The molecule has 0 spiro atoms. The molecule has 0 unspecified atom stereocenters. The van der Waals surface area contributed by atoms with Gasteiger partial charge in [0.25, 0.3) is 0 Å². The molecule has 1 heterocycles. The van der Waals surface area contributed by atoms with Gasteiger partial charge in [-0.2, -0.15) is 0 Å². The molecule has 10 heavy (non-hydrogen) atoms. The molecule has 4 heteroatoms. The van der Waals surface area contributed by atoms with Crippen molar-refractivity contribution < 1.29 is 0 Å². The van der Waals surface area contributed by atoms with Gasteiger partial charge in [0.15, 0.2) is 0 Å². The Kier molecular flexibility index (Phi) is 2.49. The van der Waals surface area contributed by atoms with Crippen LogP contribution in [-0.2, 0) is 12.6 Å². The van der Waals surface area contributed by atoms with Crippen LogP contribution in [0.2, 0.25) is 0 Å². The maximum Gasteiger partial charge on any atom is 0.109 e. The average molecular weight is 132 g/mol. The second-order valence-corrected chi connectivity index (χ2v) is 2.16. The zero-order chi connectivity index (χ0) is 7.40. The lowest BCUT2D eigenvalue weighted by atomic mass is 9.94. The van der Waals surface area contributed by atoms with Crippen LogP contribution in [0.4, 0.5) is 0 Å². The molecule has 0 aliphatic heterocycles. The van der Waals surface area contributed by atoms with E-state index in [2.05, 4.69) is 25.7 Å². The highest BCUT2D eigenvalue weighted by atomic mass is 14.8. The third kappa shape index (κ3) is 1.38. The first-order chi connectivity index (χ1) is 4.88. The minimum absolute atomic E-state index is 0.983. The predicted molar refractivity (Wildman–Crippen MR) is 46.5 cm³/mol. The fourth-order valence-corrected chi connectivity index (χ4v) is 0.986. The summed E-state index contributed by atoms with van der Waals surface area (Å²) >= 11 is 0. The number of rotatable bonds is 2. The van der Waals surface area contributed by atoms with Gasteiger partial charge in [-0.1, -0.05) is 0 Å². The molecule has 0 bridgehead atoms. The van der Waals surface area contributed by atoms with Crippen molar-refractivity contribution in [3.05, 3.63) is 23.8 Å². The molecule has 0 amide bonds. The van der Waals surface area contributed by atoms with Crippen molar-refractivity contribution in [3.8, 4) is 0 Å². The van der Waals surface area contributed by atoms with Crippen molar-refractivity contribution in [1.29, 1.82) is 0 Å². The monoisotopic (exact) mass is 132 g/mol. The molecule has 0 fully saturated rings. The highest BCUT2D eigenvalue weighted by Gasteiger charge is 1.97. The molecular formula is C6H10B2N2. The molecule has 0 atom stereocenters. The van der Waals surface area contributed by atoms with E-state index in [-0.39, 0.29) is 0 Å². The van der Waals surface area contributed by atoms with Crippen molar-refractivity contribution in [2.75, 3.05) is 0 Å². The first-order valence-electron chi connectivity index (χ1n) is 3.67. The smallest absolute Gasteiger partial charge is 0.109 e. The van der Waals surface area contributed by atoms with Crippen LogP contribution in [0, 0.1) is 0 Å². The highest BCUT2D eigenvalue weighted by Crippen LogP contribution is 1.99. The molecule has 0 saturated heterocycles. The fourth-order valence-electron chi connectivity index (χ4n) is 0.986. The minimum atomic E-state index is 0.983. The lowest BCUT2D eigenvalue weighted by Gasteiger charge is -1.99. The molecule has 2 nitrogen and oxygen atoms in total. The Balaban J connectivity index is 2.96. The first kappa shape index (κ1) is 7.32. The van der Waals surface area contributed by atoms with Crippen LogP contribution in [0.15, 0.2) is 12.4 Å². The summed E-state index contributed by atoms with van der Waals surface area (Å²) in [5.74, 6) is 0. The van der Waals surface area contributed by atoms with Crippen LogP contribution >= 0.6 is 0 Å². The molecule has 1 aromatic heterocycles. The molecule has 1 rings (SSSR count). The van der Waals surface area contributed by atoms with Crippen LogP contribution in [0.25, 0.3) is 0 Å². The molecule has 0 radical (unpaired) electrons. The molecule has 0 aliphatic rings. The van der Waals surface area contributed by atoms with Crippen LogP contribution in [0.3, 0.4) is 0 Å². The standard InChI is InChI=1S/C6H10B2N2/c7-3-5-6(4-8)10-2-1-9-5/h1-2H,3-4,7-8H2. The summed E-state index contributed by atoms with van der Waals surface area (Å²) in [5.41, 5.74) is 2.26. The normalized spacial score (nSPS) is 9.60. The van der Waals surface area contributed by atoms with E-state index in [1.165, 1.54) is 0 Å². The lowest BCUT2D eigenvalue weighted by molar-refractivity contribution is 1.01. The van der Waals surface area contributed by atoms with E-state index < -0.39 is 0 Å². The average Bonchev–Trinajstić information content (AvgIpc) is 2.04. The number of hydrogen-bond donors (Lipinski definition) is 0. The van der Waals surface area contributed by atoms with Crippen molar-refractivity contribution >= 4 is 15.7 Å². The van der Waals surface area contributed by atoms with Crippen LogP contribution in [0.5, 0.6) is 0 Å². The van der Waals surface area contributed by atoms with Gasteiger partial charge in [-0.25, -0.2) is 0 Å². The predicted octanol–water partition coefficient (Wildman–Crippen LogP) is -1.26. The summed E-state index contributed by atoms with van der Waals surface area (Å²) in [5, 5.41) is 0. The Morgan fingerprint density at radius 2 is 1.40 bits per heavy atom. The first-order valence-corrected chi connectivity index (χ1v) is 3.67. The fraction of sp³-hybridized carbons (Fsp3) is 0.333. The minimum Gasteiger partial charge on any atom is -0.259 e. The van der Waals surface area contributed by atoms with Crippen LogP contribution < -0.4 is 0 Å². The van der Waals surface area contributed by atoms with Crippen LogP contribution in [0.1, 0.15) is 11.4 Å². The summed E-state index contributed by atoms with van der Waals surface area (Å²) in [7, 11) is 4.20. The molecule has 0 saturated carbocycles. The summed E-state index contributed by atoms with van der Waals surface area (Å²) in [6.45, 7) is 0. The zero-order valence-corrected chi connectivity index (χ0v) is 6.46. The Bertz CT molecular complexity index is 192. The van der Waals surface area contributed by atoms with Crippen molar-refractivity contribution in [3.63, 3.8) is 0 Å². The van der Waals surface area contributed by atoms with Gasteiger partial charge in [0, 0.05) is 12.4 Å². The van der Waals surface area contributed by atoms with E-state index in [4.69, 9.17) is 0 Å². The van der Waals surface area contributed by atoms with E-state index in [1.54, 1.807) is 12.4 Å². The lowest BCUT2D eigenvalue weighted by Crippen LogP contribution is -2.00. The second kappa shape index (κ2) is 3.40. The second-order valence-electron chi connectivity index (χ2n) is 2.16. The SMILES string of the molecule is BCc1nccnc1CB. The number of aromatic nitrogens is 2. The topological polar surface area (TPSA) is 25.8 Å². The van der Waals surface area contributed by atoms with Crippen molar-refractivity contribution in [2.45, 2.75) is 12.6 Å². The van der Waals surface area contributed by atoms with Crippen molar-refractivity contribution in [2.24, 2.45) is 0 Å². The van der Waals surface area contributed by atoms with E-state index in [0.717, 1.165) is 24.0 Å². The van der Waals surface area contributed by atoms with E-state index in [9.17, 15) is 0 Å². The number of hydrogen-bond acceptors (Lipinski definition) is 2. The molecular weight excluding hydrogens is 122 g/mol. The van der Waals surface area contributed by atoms with Gasteiger partial charge in [-0.05, 0) is 12.6 Å². The maximum atomic E-state index is 4.21. The largest absolute Gasteiger partial charge is 0.259 e. The van der Waals surface area contributed by atoms with E-state index in [0.29, 0.717) is 0 Å². The van der Waals surface area contributed by atoms with Gasteiger partial charge in [0.1, 0.15) is 15.7 Å². The van der Waals surface area contributed by atoms with E-state index >= 15 is 0 Å². The summed E-state index contributed by atoms with van der Waals surface area (Å²) in [4.78, 5) is 8.41. The Morgan fingerprint density at radius 1 is 1.00 bits per heavy atom. The van der Waals surface area contributed by atoms with Gasteiger partial charge in [-0.3, -0.25) is 9.97 Å². The van der Waals surface area contributed by atoms with Crippen LogP contribution in [-0.4, -0.2) is 25.7 Å². The Hall–Kier alpha value is -0.790. The Morgan fingerprint density at radius 3 is 1.70 bits per heavy atom. The zero-order valence-electron chi connectivity index (χ0n) is 6.46. The molecule has 0 aromatic carbocycles. The molecule has 50 valence electrons. The molecule has 0 aliphatic carbocycles. The molecule has 0 N–H and O–H groups in total. The Labute approximate surface area is 62.9 Å². The van der Waals surface area contributed by atoms with E-state index in [1.807, 2.05) is 0 Å². The maximum absolute atomic E-state index is 4.21. The van der Waals surface area contributed by atoms with Gasteiger partial charge in [0.2, 0.25) is 0 Å². The third-order valence-electron chi connectivity index (χ3n) is 1.53. The molecule has 1 aromatic rings. The van der Waals surface area contributed by atoms with Gasteiger partial charge in [-0.15, -0.1) is 0 Å². The van der Waals surface area contributed by atoms with Crippen molar-refractivity contribution in [1.82, 2.24) is 9.97 Å². The summed E-state index contributed by atoms with van der Waals surface area (Å²) in [6.07, 6.45) is 5.46. The third-order valence-corrected chi connectivity index (χ3v) is 1.53. The summed E-state index contributed by atoms with van der Waals surface area (Å²) < 4.78 is 0. The number of nitrogens with zero attached hydrogens (tertiary/aromatic N) is 2. The quantitative estimate of drug-likeness (QED) is 0.469. The van der Waals surface area contributed by atoms with Gasteiger partial charge in [0.05, 0.1) is 11.4 Å². The van der Waals surface area contributed by atoms with Gasteiger partial charge >= 0.3 is 0 Å². The van der Waals surface area contributed by atoms with Gasteiger partial charge < -0.3 is 0 Å².